The largest absolute Gasteiger partial charge is 0.497 e. The number of rotatable bonds is 9. The van der Waals surface area contributed by atoms with E-state index in [4.69, 9.17) is 4.74 Å². The topological polar surface area (TPSA) is 83.8 Å². The molecule has 0 aliphatic carbocycles. The van der Waals surface area contributed by atoms with E-state index in [1.165, 1.54) is 13.2 Å². The maximum Gasteiger partial charge on any atom is 0.416 e. The maximum absolute atomic E-state index is 13.9. The van der Waals surface area contributed by atoms with Crippen LogP contribution in [-0.2, 0) is 22.2 Å². The third-order valence-corrected chi connectivity index (χ3v) is 5.83. The monoisotopic (exact) mass is 470 g/mol. The van der Waals surface area contributed by atoms with Crippen molar-refractivity contribution in [2.24, 2.45) is 11.3 Å². The van der Waals surface area contributed by atoms with E-state index in [1.54, 1.807) is 38.1 Å². The number of alkyl halides is 3. The number of thiol groups is 1. The molecule has 9 heteroatoms. The minimum atomic E-state index is -4.74. The molecule has 0 spiro atoms. The second-order valence-electron chi connectivity index (χ2n) is 8.02. The van der Waals surface area contributed by atoms with Crippen LogP contribution in [-0.4, -0.2) is 29.3 Å². The minimum absolute atomic E-state index is 0.0268. The number of hydrogen-bond donors (Lipinski definition) is 3. The number of ether oxygens (including phenoxy) is 1. The number of methoxy groups -OCH3 is 1. The number of hydrogen-bond acceptors (Lipinski definition) is 4. The Morgan fingerprint density at radius 3 is 2.03 bits per heavy atom. The van der Waals surface area contributed by atoms with Gasteiger partial charge in [0.1, 0.15) is 5.75 Å². The molecule has 0 aliphatic heterocycles. The highest BCUT2D eigenvalue weighted by molar-refractivity contribution is 7.80. The standard InChI is InChI=1S/C23H25F3O5S/c1-13(2)11-22(20(27)28,21(29)30)12-15-5-4-6-17(23(24,25)26)18(15)19(32)14-7-9-16(31-3)10-8-14/h4-10,13,19,32H,11-12H2,1-3H3,(H,27,28)(H,29,30). The lowest BCUT2D eigenvalue weighted by Crippen LogP contribution is -2.43. The van der Waals surface area contributed by atoms with Crippen molar-refractivity contribution >= 4 is 24.6 Å². The smallest absolute Gasteiger partial charge is 0.416 e. The number of carboxylic acids is 2. The van der Waals surface area contributed by atoms with Crippen LogP contribution in [0.1, 0.15) is 47.8 Å². The third kappa shape index (κ3) is 5.38. The molecular weight excluding hydrogens is 445 g/mol. The van der Waals surface area contributed by atoms with E-state index in [2.05, 4.69) is 12.6 Å². The summed E-state index contributed by atoms with van der Waals surface area (Å²) in [4.78, 5) is 24.1. The van der Waals surface area contributed by atoms with Crippen molar-refractivity contribution in [3.8, 4) is 5.75 Å². The molecule has 0 aromatic heterocycles. The molecular formula is C23H25F3O5S. The summed E-state index contributed by atoms with van der Waals surface area (Å²) in [6.45, 7) is 3.32. The lowest BCUT2D eigenvalue weighted by molar-refractivity contribution is -0.166. The number of carbonyl (C=O) groups is 2. The van der Waals surface area contributed by atoms with Crippen LogP contribution in [0.2, 0.25) is 0 Å². The van der Waals surface area contributed by atoms with Gasteiger partial charge in [0.15, 0.2) is 5.41 Å². The Balaban J connectivity index is 2.72. The lowest BCUT2D eigenvalue weighted by Gasteiger charge is -2.29. The summed E-state index contributed by atoms with van der Waals surface area (Å²) < 4.78 is 46.8. The van der Waals surface area contributed by atoms with Crippen LogP contribution in [0.25, 0.3) is 0 Å². The fourth-order valence-electron chi connectivity index (χ4n) is 3.80. The van der Waals surface area contributed by atoms with Crippen molar-refractivity contribution in [2.45, 2.75) is 38.1 Å². The first-order valence-electron chi connectivity index (χ1n) is 9.81. The summed E-state index contributed by atoms with van der Waals surface area (Å²) in [6.07, 6.45) is -5.60. The van der Waals surface area contributed by atoms with Gasteiger partial charge < -0.3 is 14.9 Å². The second kappa shape index (κ2) is 9.85. The van der Waals surface area contributed by atoms with Gasteiger partial charge in [0, 0.05) is 0 Å². The summed E-state index contributed by atoms with van der Waals surface area (Å²) in [5.74, 6) is -3.00. The van der Waals surface area contributed by atoms with Gasteiger partial charge in [-0.25, -0.2) is 0 Å². The van der Waals surface area contributed by atoms with Crippen LogP contribution >= 0.6 is 12.6 Å². The zero-order valence-corrected chi connectivity index (χ0v) is 18.7. The van der Waals surface area contributed by atoms with Crippen molar-refractivity contribution in [3.63, 3.8) is 0 Å². The van der Waals surface area contributed by atoms with E-state index < -0.39 is 40.8 Å². The highest BCUT2D eigenvalue weighted by Crippen LogP contribution is 2.43. The molecule has 1 unspecified atom stereocenters. The van der Waals surface area contributed by atoms with E-state index in [9.17, 15) is 33.0 Å². The first-order valence-corrected chi connectivity index (χ1v) is 10.3. The maximum atomic E-state index is 13.9. The van der Waals surface area contributed by atoms with Gasteiger partial charge in [0.25, 0.3) is 0 Å². The summed E-state index contributed by atoms with van der Waals surface area (Å²) >= 11 is 4.43. The molecule has 0 radical (unpaired) electrons. The van der Waals surface area contributed by atoms with Crippen LogP contribution in [0, 0.1) is 11.3 Å². The van der Waals surface area contributed by atoms with Crippen LogP contribution in [0.15, 0.2) is 42.5 Å². The molecule has 0 amide bonds. The SMILES string of the molecule is COc1ccc(C(S)c2c(CC(CC(C)C)(C(=O)O)C(=O)O)cccc2C(F)(F)F)cc1. The normalized spacial score (nSPS) is 13.1. The van der Waals surface area contributed by atoms with Crippen molar-refractivity contribution in [1.82, 2.24) is 0 Å². The average molecular weight is 471 g/mol. The summed E-state index contributed by atoms with van der Waals surface area (Å²) in [7, 11) is 1.45. The van der Waals surface area contributed by atoms with Gasteiger partial charge >= 0.3 is 18.1 Å². The van der Waals surface area contributed by atoms with Crippen molar-refractivity contribution in [3.05, 3.63) is 64.7 Å². The number of aliphatic carboxylic acids is 2. The van der Waals surface area contributed by atoms with Gasteiger partial charge in [-0.05, 0) is 53.6 Å². The van der Waals surface area contributed by atoms with E-state index in [-0.39, 0.29) is 23.5 Å². The second-order valence-corrected chi connectivity index (χ2v) is 8.54. The Hall–Kier alpha value is -2.68. The Kier molecular flexibility index (Phi) is 7.88. The van der Waals surface area contributed by atoms with E-state index in [1.807, 2.05) is 0 Å². The molecule has 2 aromatic carbocycles. The van der Waals surface area contributed by atoms with Crippen molar-refractivity contribution in [2.75, 3.05) is 7.11 Å². The molecule has 2 N–H and O–H groups in total. The quantitative estimate of drug-likeness (QED) is 0.334. The molecule has 32 heavy (non-hydrogen) atoms. The first-order chi connectivity index (χ1) is 14.8. The van der Waals surface area contributed by atoms with Gasteiger partial charge in [-0.3, -0.25) is 9.59 Å². The Morgan fingerprint density at radius 2 is 1.59 bits per heavy atom. The molecule has 0 heterocycles. The first kappa shape index (κ1) is 25.6. The highest BCUT2D eigenvalue weighted by atomic mass is 32.1. The number of carboxylic acid groups (broad SMARTS) is 2. The van der Waals surface area contributed by atoms with Crippen LogP contribution in [0.5, 0.6) is 5.75 Å². The van der Waals surface area contributed by atoms with Crippen LogP contribution in [0.3, 0.4) is 0 Å². The Labute approximate surface area is 189 Å². The summed E-state index contributed by atoms with van der Waals surface area (Å²) in [6, 6.07) is 9.64. The third-order valence-electron chi connectivity index (χ3n) is 5.27. The molecule has 0 saturated heterocycles. The van der Waals surface area contributed by atoms with Gasteiger partial charge in [0.2, 0.25) is 0 Å². The summed E-state index contributed by atoms with van der Waals surface area (Å²) in [5, 5.41) is 18.5. The molecule has 5 nitrogen and oxygen atoms in total. The predicted molar refractivity (Wildman–Crippen MR) is 116 cm³/mol. The molecule has 0 fully saturated rings. The molecule has 2 rings (SSSR count). The summed E-state index contributed by atoms with van der Waals surface area (Å²) in [5.41, 5.74) is -3.13. The van der Waals surface area contributed by atoms with Crippen molar-refractivity contribution in [1.29, 1.82) is 0 Å². The predicted octanol–water partition coefficient (Wildman–Crippen LogP) is 5.48. The molecule has 0 saturated carbocycles. The van der Waals surface area contributed by atoms with Crippen molar-refractivity contribution < 1.29 is 37.7 Å². The van der Waals surface area contributed by atoms with Gasteiger partial charge in [-0.1, -0.05) is 38.1 Å². The van der Waals surface area contributed by atoms with E-state index in [0.717, 1.165) is 12.1 Å². The average Bonchev–Trinajstić information content (AvgIpc) is 2.71. The van der Waals surface area contributed by atoms with Crippen LogP contribution in [0.4, 0.5) is 13.2 Å². The Morgan fingerprint density at radius 1 is 1.03 bits per heavy atom. The van der Waals surface area contributed by atoms with Gasteiger partial charge in [0.05, 0.1) is 17.9 Å². The van der Waals surface area contributed by atoms with E-state index >= 15 is 0 Å². The zero-order valence-electron chi connectivity index (χ0n) is 17.8. The minimum Gasteiger partial charge on any atom is -0.497 e. The highest BCUT2D eigenvalue weighted by Gasteiger charge is 2.48. The fourth-order valence-corrected chi connectivity index (χ4v) is 4.28. The number of benzene rings is 2. The molecule has 0 aliphatic rings. The van der Waals surface area contributed by atoms with Gasteiger partial charge in [-0.15, -0.1) is 0 Å². The Bertz CT molecular complexity index is 957. The fraction of sp³-hybridized carbons (Fsp3) is 0.391. The van der Waals surface area contributed by atoms with E-state index in [0.29, 0.717) is 11.3 Å². The zero-order chi connectivity index (χ0) is 24.3. The molecule has 1 atom stereocenters. The van der Waals surface area contributed by atoms with Crippen LogP contribution < -0.4 is 4.74 Å². The molecule has 2 aromatic rings. The number of halogens is 3. The lowest BCUT2D eigenvalue weighted by atomic mass is 9.74. The molecule has 0 bridgehead atoms. The molecule has 174 valence electrons. The van der Waals surface area contributed by atoms with Gasteiger partial charge in [-0.2, -0.15) is 25.8 Å².